The lowest BCUT2D eigenvalue weighted by Gasteiger charge is -2.62. The first-order valence-corrected chi connectivity index (χ1v) is 32.0. The van der Waals surface area contributed by atoms with E-state index < -0.39 is 54.4 Å². The van der Waals surface area contributed by atoms with Gasteiger partial charge in [-0.15, -0.1) is 0 Å². The molecule has 16 nitrogen and oxygen atoms in total. The molecule has 468 valence electrons. The lowest BCUT2D eigenvalue weighted by Crippen LogP contribution is -2.63. The van der Waals surface area contributed by atoms with Crippen LogP contribution in [0.2, 0.25) is 0 Å². The topological polar surface area (TPSA) is 220 Å². The van der Waals surface area contributed by atoms with Crippen LogP contribution in [0.25, 0.3) is 10.4 Å². The van der Waals surface area contributed by atoms with Crippen molar-refractivity contribution in [3.8, 4) is 0 Å². The second kappa shape index (κ2) is 30.3. The second-order valence-corrected chi connectivity index (χ2v) is 26.6. The summed E-state index contributed by atoms with van der Waals surface area (Å²) < 4.78 is 47.0. The Morgan fingerprint density at radius 3 is 2.00 bits per heavy atom. The van der Waals surface area contributed by atoms with E-state index in [1.165, 1.54) is 0 Å². The van der Waals surface area contributed by atoms with Gasteiger partial charge in [0.15, 0.2) is 6.29 Å². The maximum atomic E-state index is 14.5. The van der Waals surface area contributed by atoms with Crippen LogP contribution in [0.3, 0.4) is 0 Å². The number of amides is 1. The highest BCUT2D eigenvalue weighted by molar-refractivity contribution is 5.84. The number of carbonyl (C=O) groups excluding carboxylic acids is 2. The molecule has 4 aromatic carbocycles. The predicted molar refractivity (Wildman–Crippen MR) is 327 cm³/mol. The van der Waals surface area contributed by atoms with Gasteiger partial charge in [0.2, 0.25) is 5.91 Å². The molecule has 4 N–H and O–H groups in total. The molecule has 9 unspecified atom stereocenters. The molecule has 4 aliphatic carbocycles. The molecule has 16 heteroatoms. The van der Waals surface area contributed by atoms with Crippen LogP contribution in [-0.4, -0.2) is 108 Å². The molecule has 0 spiro atoms. The third kappa shape index (κ3) is 15.8. The number of azide groups is 1. The summed E-state index contributed by atoms with van der Waals surface area (Å²) in [5.41, 5.74) is 12.5. The summed E-state index contributed by atoms with van der Waals surface area (Å²) in [5.74, 6) is 1.08. The monoisotopic (exact) mass is 1180 g/mol. The van der Waals surface area contributed by atoms with Crippen molar-refractivity contribution in [2.75, 3.05) is 19.8 Å². The Labute approximate surface area is 510 Å². The van der Waals surface area contributed by atoms with Gasteiger partial charge in [-0.3, -0.25) is 4.79 Å². The summed E-state index contributed by atoms with van der Waals surface area (Å²) in [6.07, 6.45) is 3.48. The Morgan fingerprint density at radius 2 is 1.37 bits per heavy atom. The second-order valence-electron chi connectivity index (χ2n) is 26.6. The molecule has 0 radical (unpaired) electrons. The third-order valence-electron chi connectivity index (χ3n) is 20.7. The van der Waals surface area contributed by atoms with Gasteiger partial charge in [0.1, 0.15) is 24.4 Å². The fourth-order valence-corrected chi connectivity index (χ4v) is 16.0. The maximum Gasteiger partial charge on any atom is 0.328 e. The number of nitrogens with zero attached hydrogens (tertiary/aromatic N) is 3. The number of rotatable bonds is 29. The Balaban J connectivity index is 0.922. The molecule has 86 heavy (non-hydrogen) atoms. The van der Waals surface area contributed by atoms with Crippen LogP contribution >= 0.6 is 0 Å². The quantitative estimate of drug-likeness (QED) is 0.0173. The minimum Gasteiger partial charge on any atom is -0.461 e. The zero-order chi connectivity index (χ0) is 60.8. The number of carbonyl (C=O) groups is 2. The molecule has 1 saturated heterocycles. The van der Waals surface area contributed by atoms with Gasteiger partial charge in [-0.1, -0.05) is 168 Å². The molecule has 4 aromatic rings. The van der Waals surface area contributed by atoms with Crippen molar-refractivity contribution in [1.29, 1.82) is 0 Å². The Morgan fingerprint density at radius 1 is 0.767 bits per heavy atom. The fourth-order valence-electron chi connectivity index (χ4n) is 16.0. The normalized spacial score (nSPS) is 31.4. The summed E-state index contributed by atoms with van der Waals surface area (Å²) in [7, 11) is 0. The largest absolute Gasteiger partial charge is 0.461 e. The average molecular weight is 1190 g/mol. The van der Waals surface area contributed by atoms with Crippen LogP contribution < -0.4 is 5.32 Å². The van der Waals surface area contributed by atoms with Crippen LogP contribution in [0.15, 0.2) is 126 Å². The molecule has 5 fully saturated rings. The van der Waals surface area contributed by atoms with Crippen LogP contribution in [0, 0.1) is 52.3 Å². The predicted octanol–water partition coefficient (Wildman–Crippen LogP) is 12.0. The number of benzene rings is 4. The minimum absolute atomic E-state index is 0.00254. The van der Waals surface area contributed by atoms with E-state index in [0.29, 0.717) is 36.5 Å². The number of ether oxygens (including phenoxy) is 7. The number of fused-ring (bicyclic) bond motifs is 5. The van der Waals surface area contributed by atoms with Crippen molar-refractivity contribution in [2.24, 2.45) is 57.4 Å². The highest BCUT2D eigenvalue weighted by Crippen LogP contribution is 2.68. The van der Waals surface area contributed by atoms with Gasteiger partial charge in [-0.25, -0.2) is 4.79 Å². The van der Waals surface area contributed by atoms with E-state index in [1.807, 2.05) is 142 Å². The van der Waals surface area contributed by atoms with E-state index in [9.17, 15) is 30.4 Å². The molecule has 4 saturated carbocycles. The first-order chi connectivity index (χ1) is 41.5. The van der Waals surface area contributed by atoms with Gasteiger partial charge >= 0.3 is 5.97 Å². The molecule has 1 heterocycles. The van der Waals surface area contributed by atoms with E-state index in [4.69, 9.17) is 33.2 Å². The smallest absolute Gasteiger partial charge is 0.328 e. The van der Waals surface area contributed by atoms with Crippen LogP contribution in [0.1, 0.15) is 141 Å². The Kier molecular flexibility index (Phi) is 23.0. The molecular weight excluding hydrogens is 1090 g/mol. The lowest BCUT2D eigenvalue weighted by atomic mass is 9.43. The van der Waals surface area contributed by atoms with Crippen molar-refractivity contribution in [1.82, 2.24) is 5.32 Å². The van der Waals surface area contributed by atoms with Crippen molar-refractivity contribution in [2.45, 2.75) is 206 Å². The molecule has 9 rings (SSSR count). The average Bonchev–Trinajstić information content (AvgIpc) is 1.34. The molecule has 5 aliphatic rings. The summed E-state index contributed by atoms with van der Waals surface area (Å²) in [5, 5.41) is 41.1. The molecule has 0 bridgehead atoms. The lowest BCUT2D eigenvalue weighted by molar-refractivity contribution is -0.331. The third-order valence-corrected chi connectivity index (χ3v) is 20.7. The van der Waals surface area contributed by atoms with Gasteiger partial charge in [0.25, 0.3) is 0 Å². The standard InChI is InChI=1S/C70H96N4O12/c1-7-59(76)64(81-40-49-22-14-9-15-23-49)58(73-74-71)44-84-67-65(82-41-50-24-16-10-17-25-50)70(85-42-51-26-18-11-19-27-51,45-80-39-48-20-12-8-13-21-48)38-54(86-67)43-83-66(79)63(46(2)3)72-61(78)31-28-47(4)55-29-30-56-62-57(33-35-69(55,56)6)68(5)34-32-53(75)36-52(68)37-60(62)77/h8-27,46-47,52-60,62-65,67,75-77H,7,28-45H2,1-6H3,(H,72,78)/t47-,52?,53-,54?,55?,56?,57?,58?,59-,60-,62+,63+,64+,65?,67?,68+,69-,70?/m1/s1. The van der Waals surface area contributed by atoms with E-state index >= 15 is 0 Å². The van der Waals surface area contributed by atoms with Gasteiger partial charge in [0, 0.05) is 17.8 Å². The molecule has 1 aliphatic heterocycles. The number of hydrogen-bond donors (Lipinski definition) is 4. The summed E-state index contributed by atoms with van der Waals surface area (Å²) in [4.78, 5) is 31.7. The van der Waals surface area contributed by atoms with Gasteiger partial charge in [-0.2, -0.15) is 0 Å². The Bertz CT molecular complexity index is 2780. The highest BCUT2D eigenvalue weighted by atomic mass is 16.7. The first-order valence-electron chi connectivity index (χ1n) is 32.0. The SMILES string of the molecule is CC[C@@H](O)[C@@H](OCc1ccccc1)C(COC1OC(COC(=O)[C@@H](NC(=O)CC[C@@H](C)C2CCC3[C@H]4C(CC[C@@]32C)[C@@]2(C)CC[C@@H](O)CC2C[C@H]4O)C(C)C)CC(COCc2ccccc2)(OCc2ccccc2)C1OCc1ccccc1)N=[N+]=[N-]. The summed E-state index contributed by atoms with van der Waals surface area (Å²) in [6, 6.07) is 36.9. The Hall–Kier alpha value is -5.23. The molecule has 0 aromatic heterocycles. The van der Waals surface area contributed by atoms with Gasteiger partial charge in [-0.05, 0) is 144 Å². The highest BCUT2D eigenvalue weighted by Gasteiger charge is 2.63. The van der Waals surface area contributed by atoms with E-state index in [0.717, 1.165) is 73.6 Å². The number of esters is 1. The van der Waals surface area contributed by atoms with E-state index in [1.54, 1.807) is 0 Å². The van der Waals surface area contributed by atoms with Gasteiger partial charge in [0.05, 0.1) is 76.2 Å². The molecule has 18 atom stereocenters. The van der Waals surface area contributed by atoms with Crippen LogP contribution in [0.4, 0.5) is 0 Å². The molecule has 1 amide bonds. The van der Waals surface area contributed by atoms with Crippen LogP contribution in [0.5, 0.6) is 0 Å². The van der Waals surface area contributed by atoms with E-state index in [2.05, 4.69) is 36.1 Å². The van der Waals surface area contributed by atoms with Gasteiger partial charge < -0.3 is 53.8 Å². The molecular formula is C70H96N4O12. The first kappa shape index (κ1) is 65.2. The van der Waals surface area contributed by atoms with Crippen molar-refractivity contribution < 1.29 is 58.1 Å². The minimum atomic E-state index is -1.32. The van der Waals surface area contributed by atoms with Crippen molar-refractivity contribution in [3.63, 3.8) is 0 Å². The zero-order valence-corrected chi connectivity index (χ0v) is 51.6. The maximum absolute atomic E-state index is 14.5. The number of hydrogen-bond acceptors (Lipinski definition) is 13. The van der Waals surface area contributed by atoms with E-state index in [-0.39, 0.29) is 106 Å². The van der Waals surface area contributed by atoms with Crippen molar-refractivity contribution in [3.05, 3.63) is 154 Å². The number of aliphatic hydroxyl groups is 3. The van der Waals surface area contributed by atoms with Crippen LogP contribution in [-0.2, 0) is 69.2 Å². The zero-order valence-electron chi connectivity index (χ0n) is 51.6. The summed E-state index contributed by atoms with van der Waals surface area (Å²) >= 11 is 0. The van der Waals surface area contributed by atoms with Crippen molar-refractivity contribution >= 4 is 11.9 Å². The summed E-state index contributed by atoms with van der Waals surface area (Å²) in [6.45, 7) is 12.9. The number of aliphatic hydroxyl groups excluding tert-OH is 3. The number of nitrogens with one attached hydrogen (secondary N) is 1. The fraction of sp³-hybridized carbons (Fsp3) is 0.629.